The van der Waals surface area contributed by atoms with Crippen LogP contribution in [0.5, 0.6) is 11.5 Å². The molecule has 0 spiro atoms. The molecule has 162 valence electrons. The van der Waals surface area contributed by atoms with Crippen LogP contribution in [0.3, 0.4) is 0 Å². The van der Waals surface area contributed by atoms with Crippen LogP contribution in [0, 0.1) is 5.82 Å². The first kappa shape index (κ1) is 22.3. The molecule has 0 aliphatic heterocycles. The molecule has 0 saturated heterocycles. The maximum absolute atomic E-state index is 14.1. The monoisotopic (exact) mass is 421 g/mol. The molecular weight excluding hydrogens is 393 g/mol. The predicted molar refractivity (Wildman–Crippen MR) is 120 cm³/mol. The van der Waals surface area contributed by atoms with E-state index in [1.165, 1.54) is 17.7 Å². The minimum absolute atomic E-state index is 0.0307. The first-order chi connectivity index (χ1) is 15.1. The van der Waals surface area contributed by atoms with Gasteiger partial charge in [-0.3, -0.25) is 4.79 Å². The second kappa shape index (κ2) is 11.2. The van der Waals surface area contributed by atoms with Gasteiger partial charge in [-0.2, -0.15) is 0 Å². The molecular formula is C26H28FNO3. The molecule has 1 amide bonds. The number of carbonyl (C=O) groups excluding carboxylic acids is 1. The average molecular weight is 422 g/mol. The number of hydrogen-bond donors (Lipinski definition) is 1. The minimum Gasteiger partial charge on any atom is -0.490 e. The lowest BCUT2D eigenvalue weighted by Gasteiger charge is -2.21. The normalized spacial score (nSPS) is 11.6. The van der Waals surface area contributed by atoms with Gasteiger partial charge in [0.15, 0.2) is 11.5 Å². The quantitative estimate of drug-likeness (QED) is 0.455. The molecule has 5 heteroatoms. The Morgan fingerprint density at radius 2 is 1.58 bits per heavy atom. The van der Waals surface area contributed by atoms with Crippen molar-refractivity contribution < 1.29 is 18.7 Å². The molecule has 3 aromatic carbocycles. The summed E-state index contributed by atoms with van der Waals surface area (Å²) in [5.74, 6) is 0.313. The van der Waals surface area contributed by atoms with E-state index in [2.05, 4.69) is 17.4 Å². The van der Waals surface area contributed by atoms with E-state index in [4.69, 9.17) is 9.47 Å². The molecule has 0 heterocycles. The van der Waals surface area contributed by atoms with E-state index < -0.39 is 11.7 Å². The molecule has 3 rings (SSSR count). The third-order valence-corrected chi connectivity index (χ3v) is 4.96. The smallest absolute Gasteiger partial charge is 0.254 e. The number of aryl methyl sites for hydroxylation is 1. The van der Waals surface area contributed by atoms with Gasteiger partial charge in [-0.15, -0.1) is 0 Å². The van der Waals surface area contributed by atoms with Crippen LogP contribution in [0.4, 0.5) is 4.39 Å². The van der Waals surface area contributed by atoms with Crippen molar-refractivity contribution >= 4 is 5.91 Å². The Kier molecular flexibility index (Phi) is 8.05. The third-order valence-electron chi connectivity index (χ3n) is 4.96. The van der Waals surface area contributed by atoms with E-state index in [-0.39, 0.29) is 11.6 Å². The maximum Gasteiger partial charge on any atom is 0.254 e. The molecule has 0 aromatic heterocycles. The summed E-state index contributed by atoms with van der Waals surface area (Å²) in [6.07, 6.45) is 1.42. The Labute approximate surface area is 183 Å². The highest BCUT2D eigenvalue weighted by atomic mass is 19.1. The number of amides is 1. The van der Waals surface area contributed by atoms with Crippen LogP contribution in [-0.4, -0.2) is 19.1 Å². The van der Waals surface area contributed by atoms with Gasteiger partial charge in [-0.05, 0) is 62.1 Å². The first-order valence-electron chi connectivity index (χ1n) is 10.6. The first-order valence-corrected chi connectivity index (χ1v) is 10.6. The lowest BCUT2D eigenvalue weighted by molar-refractivity contribution is 0.0930. The number of rotatable bonds is 10. The maximum atomic E-state index is 14.1. The molecule has 0 unspecified atom stereocenters. The van der Waals surface area contributed by atoms with E-state index in [9.17, 15) is 9.18 Å². The molecule has 1 N–H and O–H groups in total. The Morgan fingerprint density at radius 3 is 2.29 bits per heavy atom. The minimum atomic E-state index is -0.538. The van der Waals surface area contributed by atoms with Gasteiger partial charge in [0.05, 0.1) is 24.8 Å². The van der Waals surface area contributed by atoms with Crippen LogP contribution in [0.15, 0.2) is 72.8 Å². The molecule has 4 nitrogen and oxygen atoms in total. The van der Waals surface area contributed by atoms with Crippen LogP contribution >= 0.6 is 0 Å². The summed E-state index contributed by atoms with van der Waals surface area (Å²) in [5, 5.41) is 3.01. The topological polar surface area (TPSA) is 47.6 Å². The Bertz CT molecular complexity index is 991. The molecule has 0 aliphatic carbocycles. The highest BCUT2D eigenvalue weighted by molar-refractivity contribution is 5.94. The summed E-state index contributed by atoms with van der Waals surface area (Å²) in [6.45, 7) is 4.86. The van der Waals surface area contributed by atoms with Gasteiger partial charge in [0.25, 0.3) is 5.91 Å². The molecule has 31 heavy (non-hydrogen) atoms. The van der Waals surface area contributed by atoms with Gasteiger partial charge in [-0.25, -0.2) is 4.39 Å². The van der Waals surface area contributed by atoms with E-state index >= 15 is 0 Å². The zero-order valence-corrected chi connectivity index (χ0v) is 17.9. The van der Waals surface area contributed by atoms with E-state index in [1.54, 1.807) is 12.1 Å². The number of halogens is 1. The van der Waals surface area contributed by atoms with Crippen molar-refractivity contribution in [3.8, 4) is 11.5 Å². The molecule has 0 aliphatic rings. The second-order valence-corrected chi connectivity index (χ2v) is 7.10. The van der Waals surface area contributed by atoms with E-state index in [1.807, 2.05) is 50.2 Å². The SMILES string of the molecule is CCOc1ccc([C@H](CCc2ccccc2)NC(=O)c2ccccc2F)cc1OCC. The van der Waals surface area contributed by atoms with Crippen molar-refractivity contribution in [3.63, 3.8) is 0 Å². The van der Waals surface area contributed by atoms with Crippen LogP contribution in [0.25, 0.3) is 0 Å². The van der Waals surface area contributed by atoms with Crippen molar-refractivity contribution in [1.29, 1.82) is 0 Å². The summed E-state index contributed by atoms with van der Waals surface area (Å²) < 4.78 is 25.6. The van der Waals surface area contributed by atoms with Crippen LogP contribution in [-0.2, 0) is 6.42 Å². The third kappa shape index (κ3) is 6.07. The van der Waals surface area contributed by atoms with Crippen LogP contribution < -0.4 is 14.8 Å². The zero-order valence-electron chi connectivity index (χ0n) is 17.9. The second-order valence-electron chi connectivity index (χ2n) is 7.10. The summed E-state index contributed by atoms with van der Waals surface area (Å²) in [4.78, 5) is 12.8. The molecule has 0 radical (unpaired) electrons. The van der Waals surface area contributed by atoms with Crippen LogP contribution in [0.1, 0.15) is 47.8 Å². The van der Waals surface area contributed by atoms with Gasteiger partial charge >= 0.3 is 0 Å². The fourth-order valence-electron chi connectivity index (χ4n) is 3.44. The average Bonchev–Trinajstić information content (AvgIpc) is 2.79. The predicted octanol–water partition coefficient (Wildman–Crippen LogP) is 5.73. The Balaban J connectivity index is 1.88. The van der Waals surface area contributed by atoms with Crippen molar-refractivity contribution in [2.45, 2.75) is 32.7 Å². The summed E-state index contributed by atoms with van der Waals surface area (Å²) in [6, 6.07) is 21.4. The Hall–Kier alpha value is -3.34. The van der Waals surface area contributed by atoms with E-state index in [0.29, 0.717) is 31.1 Å². The largest absolute Gasteiger partial charge is 0.490 e. The molecule has 3 aromatic rings. The highest BCUT2D eigenvalue weighted by Gasteiger charge is 2.20. The number of hydrogen-bond acceptors (Lipinski definition) is 3. The standard InChI is InChI=1S/C26H28FNO3/c1-3-30-24-17-15-20(18-25(24)31-4-2)23(16-14-19-10-6-5-7-11-19)28-26(29)21-12-8-9-13-22(21)27/h5-13,15,17-18,23H,3-4,14,16H2,1-2H3,(H,28,29)/t23-/m0/s1. The lowest BCUT2D eigenvalue weighted by Crippen LogP contribution is -2.29. The van der Waals surface area contributed by atoms with Gasteiger partial charge in [0.2, 0.25) is 0 Å². The zero-order chi connectivity index (χ0) is 22.1. The number of ether oxygens (including phenoxy) is 2. The summed E-state index contributed by atoms with van der Waals surface area (Å²) in [5.41, 5.74) is 2.08. The number of benzene rings is 3. The summed E-state index contributed by atoms with van der Waals surface area (Å²) in [7, 11) is 0. The van der Waals surface area contributed by atoms with Gasteiger partial charge < -0.3 is 14.8 Å². The van der Waals surface area contributed by atoms with Crippen molar-refractivity contribution in [2.75, 3.05) is 13.2 Å². The molecule has 0 bridgehead atoms. The molecule has 1 atom stereocenters. The van der Waals surface area contributed by atoms with Gasteiger partial charge in [0, 0.05) is 0 Å². The highest BCUT2D eigenvalue weighted by Crippen LogP contribution is 2.32. The molecule has 0 saturated carbocycles. The van der Waals surface area contributed by atoms with Crippen molar-refractivity contribution in [2.24, 2.45) is 0 Å². The van der Waals surface area contributed by atoms with E-state index in [0.717, 1.165) is 12.0 Å². The fourth-order valence-corrected chi connectivity index (χ4v) is 3.44. The van der Waals surface area contributed by atoms with Crippen molar-refractivity contribution in [3.05, 3.63) is 95.3 Å². The number of carbonyl (C=O) groups is 1. The lowest BCUT2D eigenvalue weighted by atomic mass is 9.98. The van der Waals surface area contributed by atoms with Gasteiger partial charge in [0.1, 0.15) is 5.82 Å². The Morgan fingerprint density at radius 1 is 0.903 bits per heavy atom. The summed E-state index contributed by atoms with van der Waals surface area (Å²) >= 11 is 0. The van der Waals surface area contributed by atoms with Gasteiger partial charge in [-0.1, -0.05) is 48.5 Å². The number of nitrogens with one attached hydrogen (secondary N) is 1. The van der Waals surface area contributed by atoms with Crippen molar-refractivity contribution in [1.82, 2.24) is 5.32 Å². The molecule has 0 fully saturated rings. The fraction of sp³-hybridized carbons (Fsp3) is 0.269. The van der Waals surface area contributed by atoms with Crippen LogP contribution in [0.2, 0.25) is 0 Å².